The predicted molar refractivity (Wildman–Crippen MR) is 62.6 cm³/mol. The first kappa shape index (κ1) is 14.0. The normalized spacial score (nSPS) is 8.56. The van der Waals surface area contributed by atoms with Crippen LogP contribution in [0.25, 0.3) is 0 Å². The Bertz CT molecular complexity index is 330. The van der Waals surface area contributed by atoms with Gasteiger partial charge in [-0.3, -0.25) is 4.79 Å². The van der Waals surface area contributed by atoms with Crippen LogP contribution in [0.4, 0.5) is 0 Å². The van der Waals surface area contributed by atoms with Crippen molar-refractivity contribution in [2.45, 2.75) is 19.8 Å². The van der Waals surface area contributed by atoms with E-state index < -0.39 is 0 Å². The van der Waals surface area contributed by atoms with Crippen LogP contribution in [0.3, 0.4) is 0 Å². The summed E-state index contributed by atoms with van der Waals surface area (Å²) < 4.78 is 0. The highest BCUT2D eigenvalue weighted by molar-refractivity contribution is 5.83. The van der Waals surface area contributed by atoms with Gasteiger partial charge in [0, 0.05) is 12.8 Å². The summed E-state index contributed by atoms with van der Waals surface area (Å²) in [5.41, 5.74) is 0. The fourth-order valence-electron chi connectivity index (χ4n) is 0.914. The minimum Gasteiger partial charge on any atom is -0.302 e. The number of aliphatic imine (C=N–C) groups is 2. The van der Waals surface area contributed by atoms with Crippen LogP contribution in [0.15, 0.2) is 23.1 Å². The number of nitrogens with zero attached hydrogens (tertiary/aromatic N) is 3. The van der Waals surface area contributed by atoms with Crippen molar-refractivity contribution < 1.29 is 9.59 Å². The summed E-state index contributed by atoms with van der Waals surface area (Å²) >= 11 is 0. The minimum absolute atomic E-state index is 0.0206. The van der Waals surface area contributed by atoms with Gasteiger partial charge in [-0.1, -0.05) is 0 Å². The van der Waals surface area contributed by atoms with Gasteiger partial charge in [0.05, 0.1) is 0 Å². The summed E-state index contributed by atoms with van der Waals surface area (Å²) in [6.07, 6.45) is 0.388. The lowest BCUT2D eigenvalue weighted by Gasteiger charge is -2.16. The standard InChI is InChI=1S/C11H15N3O2/c1-4-12-8-14(9-13-5-2)11(16)7-6-10(3)15/h1-2,6-9H2,3H3. The van der Waals surface area contributed by atoms with E-state index in [4.69, 9.17) is 0 Å². The average Bonchev–Trinajstić information content (AvgIpc) is 2.26. The van der Waals surface area contributed by atoms with Crippen molar-refractivity contribution in [3.8, 4) is 0 Å². The summed E-state index contributed by atoms with van der Waals surface area (Å²) in [6, 6.07) is 0. The van der Waals surface area contributed by atoms with Crippen molar-refractivity contribution in [3.05, 3.63) is 13.2 Å². The second-order valence-electron chi connectivity index (χ2n) is 3.05. The molecule has 0 aliphatic carbocycles. The lowest BCUT2D eigenvalue weighted by molar-refractivity contribution is -0.132. The Kier molecular flexibility index (Phi) is 7.33. The molecule has 0 bridgehead atoms. The molecule has 0 saturated carbocycles. The number of carbonyl (C=O) groups is 2. The van der Waals surface area contributed by atoms with Gasteiger partial charge >= 0.3 is 0 Å². The molecule has 0 N–H and O–H groups in total. The quantitative estimate of drug-likeness (QED) is 0.597. The molecule has 0 atom stereocenters. The molecule has 5 heteroatoms. The zero-order valence-electron chi connectivity index (χ0n) is 9.40. The molecule has 1 amide bonds. The van der Waals surface area contributed by atoms with E-state index in [1.54, 1.807) is 0 Å². The second-order valence-corrected chi connectivity index (χ2v) is 3.05. The number of carbonyl (C=O) groups excluding carboxylic acids is 2. The maximum atomic E-state index is 11.6. The van der Waals surface area contributed by atoms with E-state index in [1.807, 2.05) is 0 Å². The van der Waals surface area contributed by atoms with Crippen LogP contribution in [0.1, 0.15) is 19.8 Å². The molecule has 5 nitrogen and oxygen atoms in total. The first-order chi connectivity index (χ1) is 7.61. The molecule has 0 aromatic carbocycles. The van der Waals surface area contributed by atoms with Crippen LogP contribution in [-0.2, 0) is 9.59 Å². The van der Waals surface area contributed by atoms with Gasteiger partial charge in [0.1, 0.15) is 19.1 Å². The number of ketones is 1. The molecule has 16 heavy (non-hydrogen) atoms. The van der Waals surface area contributed by atoms with Crippen molar-refractivity contribution in [1.29, 1.82) is 0 Å². The molecule has 0 aromatic heterocycles. The Hall–Kier alpha value is -1.96. The zero-order valence-corrected chi connectivity index (χ0v) is 9.40. The summed E-state index contributed by atoms with van der Waals surface area (Å²) in [6.45, 7) is 8.31. The molecule has 0 spiro atoms. The van der Waals surface area contributed by atoms with E-state index in [1.165, 1.54) is 11.8 Å². The third-order valence-electron chi connectivity index (χ3n) is 1.75. The third-order valence-corrected chi connectivity index (χ3v) is 1.75. The van der Waals surface area contributed by atoms with Crippen molar-refractivity contribution >= 4 is 23.4 Å². The summed E-state index contributed by atoms with van der Waals surface area (Å²) in [4.78, 5) is 31.2. The van der Waals surface area contributed by atoms with Gasteiger partial charge in [0.15, 0.2) is 0 Å². The van der Waals surface area contributed by atoms with E-state index in [-0.39, 0.29) is 37.9 Å². The second kappa shape index (κ2) is 8.36. The number of hydrogen-bond donors (Lipinski definition) is 0. The first-order valence-electron chi connectivity index (χ1n) is 4.76. The molecular weight excluding hydrogens is 206 g/mol. The molecule has 0 rings (SSSR count). The molecule has 0 saturated heterocycles. The van der Waals surface area contributed by atoms with E-state index in [2.05, 4.69) is 34.9 Å². The van der Waals surface area contributed by atoms with E-state index in [0.29, 0.717) is 0 Å². The lowest BCUT2D eigenvalue weighted by atomic mass is 10.2. The Morgan fingerprint density at radius 1 is 1.12 bits per heavy atom. The van der Waals surface area contributed by atoms with Gasteiger partial charge < -0.3 is 9.69 Å². The van der Waals surface area contributed by atoms with Crippen LogP contribution in [-0.4, -0.2) is 41.7 Å². The average molecular weight is 221 g/mol. The van der Waals surface area contributed by atoms with Gasteiger partial charge in [-0.25, -0.2) is 9.98 Å². The minimum atomic E-state index is -0.187. The Morgan fingerprint density at radius 3 is 2.00 bits per heavy atom. The first-order valence-corrected chi connectivity index (χ1v) is 4.76. The van der Waals surface area contributed by atoms with Crippen LogP contribution in [0, 0.1) is 0 Å². The van der Waals surface area contributed by atoms with Gasteiger partial charge in [0.2, 0.25) is 5.91 Å². The van der Waals surface area contributed by atoms with Gasteiger partial charge in [-0.05, 0) is 31.8 Å². The van der Waals surface area contributed by atoms with Gasteiger partial charge in [-0.15, -0.1) is 0 Å². The van der Waals surface area contributed by atoms with Gasteiger partial charge in [-0.2, -0.15) is 0 Å². The van der Waals surface area contributed by atoms with Crippen molar-refractivity contribution in [1.82, 2.24) is 4.90 Å². The molecule has 86 valence electrons. The smallest absolute Gasteiger partial charge is 0.226 e. The Balaban J connectivity index is 4.35. The highest BCUT2D eigenvalue weighted by atomic mass is 16.2. The van der Waals surface area contributed by atoms with Crippen molar-refractivity contribution in [3.63, 3.8) is 0 Å². The molecule has 0 aliphatic heterocycles. The molecule has 0 aliphatic rings. The van der Waals surface area contributed by atoms with Crippen molar-refractivity contribution in [2.24, 2.45) is 9.98 Å². The van der Waals surface area contributed by atoms with Crippen molar-refractivity contribution in [2.75, 3.05) is 13.3 Å². The molecule has 0 aromatic rings. The fraction of sp³-hybridized carbons (Fsp3) is 0.455. The third kappa shape index (κ3) is 6.49. The zero-order chi connectivity index (χ0) is 12.4. The number of amides is 1. The fourth-order valence-corrected chi connectivity index (χ4v) is 0.914. The molecule has 0 radical (unpaired) electrons. The maximum absolute atomic E-state index is 11.6. The number of Topliss-reactive ketones (excluding diaryl/α,β-unsaturated/α-hetero) is 1. The molecule has 0 unspecified atom stereocenters. The Labute approximate surface area is 94.9 Å². The topological polar surface area (TPSA) is 62.1 Å². The van der Waals surface area contributed by atoms with Gasteiger partial charge in [0.25, 0.3) is 0 Å². The SMILES string of the molecule is C=C=NCN(CN=C=C)C(=O)CCC(C)=O. The summed E-state index contributed by atoms with van der Waals surface area (Å²) in [5.74, 6) is 4.45. The van der Waals surface area contributed by atoms with Crippen LogP contribution in [0.5, 0.6) is 0 Å². The lowest BCUT2D eigenvalue weighted by Crippen LogP contribution is -2.31. The van der Waals surface area contributed by atoms with E-state index >= 15 is 0 Å². The highest BCUT2D eigenvalue weighted by Crippen LogP contribution is 1.99. The molecule has 0 fully saturated rings. The van der Waals surface area contributed by atoms with E-state index in [9.17, 15) is 9.59 Å². The summed E-state index contributed by atoms with van der Waals surface area (Å²) in [7, 11) is 0. The van der Waals surface area contributed by atoms with Crippen LogP contribution < -0.4 is 0 Å². The maximum Gasteiger partial charge on any atom is 0.226 e. The monoisotopic (exact) mass is 221 g/mol. The van der Waals surface area contributed by atoms with Crippen LogP contribution in [0.2, 0.25) is 0 Å². The number of rotatable bonds is 7. The predicted octanol–water partition coefficient (Wildman–Crippen LogP) is 0.811. The van der Waals surface area contributed by atoms with Crippen LogP contribution >= 0.6 is 0 Å². The largest absolute Gasteiger partial charge is 0.302 e. The summed E-state index contributed by atoms with van der Waals surface area (Å²) in [5, 5.41) is 0. The Morgan fingerprint density at radius 2 is 1.62 bits per heavy atom. The number of hydrogen-bond acceptors (Lipinski definition) is 4. The molecule has 0 heterocycles. The highest BCUT2D eigenvalue weighted by Gasteiger charge is 2.12. The van der Waals surface area contributed by atoms with E-state index in [0.717, 1.165) is 0 Å². The molecular formula is C11H15N3O2.